The third-order valence-corrected chi connectivity index (χ3v) is 17.9. The van der Waals surface area contributed by atoms with Crippen molar-refractivity contribution >= 4 is 29.1 Å². The van der Waals surface area contributed by atoms with Crippen LogP contribution in [-0.2, 0) is 28.7 Å². The van der Waals surface area contributed by atoms with Crippen LogP contribution in [0.2, 0.25) is 0 Å². The van der Waals surface area contributed by atoms with Crippen molar-refractivity contribution in [1.82, 2.24) is 0 Å². The minimum Gasteiger partial charge on any atom is -0.456 e. The molecule has 1 radical (unpaired) electrons. The largest absolute Gasteiger partial charge is 0.456 e. The third-order valence-electron chi connectivity index (χ3n) is 17.9. The molecule has 16 atom stereocenters. The first-order chi connectivity index (χ1) is 27.0. The van der Waals surface area contributed by atoms with Crippen molar-refractivity contribution in [2.45, 2.75) is 134 Å². The lowest BCUT2D eigenvalue weighted by atomic mass is 9.44. The summed E-state index contributed by atoms with van der Waals surface area (Å²) in [6.45, 7) is 8.21. The lowest BCUT2D eigenvalue weighted by molar-refractivity contribution is -0.220. The number of Topliss-reactive ketones (excluding diaryl/α,β-unsaturated/α-hetero) is 2. The van der Waals surface area contributed by atoms with Crippen LogP contribution in [0.15, 0.2) is 47.6 Å². The van der Waals surface area contributed by atoms with Crippen molar-refractivity contribution in [2.24, 2.45) is 62.9 Å². The molecule has 58 heavy (non-hydrogen) atoms. The Morgan fingerprint density at radius 3 is 2.28 bits per heavy atom. The predicted octanol–water partition coefficient (Wildman–Crippen LogP) is 3.95. The molecule has 6 unspecified atom stereocenters. The maximum atomic E-state index is 17.5. The number of hydrogen-bond donors (Lipinski definition) is 5. The van der Waals surface area contributed by atoms with Crippen LogP contribution in [0.25, 0.3) is 0 Å². The van der Waals surface area contributed by atoms with Gasteiger partial charge in [-0.25, -0.2) is 4.39 Å². The topological polar surface area (TPSA) is 202 Å². The van der Waals surface area contributed by atoms with Gasteiger partial charge < -0.3 is 30.9 Å². The fourth-order valence-electron chi connectivity index (χ4n) is 14.7. The molecule has 0 spiro atoms. The summed E-state index contributed by atoms with van der Waals surface area (Å²) in [7, 11) is 0. The van der Waals surface area contributed by atoms with E-state index in [1.165, 1.54) is 18.6 Å². The fraction of sp³-hybridized carbons (Fsp3) is 0.696. The van der Waals surface area contributed by atoms with Crippen LogP contribution in [0.3, 0.4) is 0 Å². The van der Waals surface area contributed by atoms with E-state index in [0.29, 0.717) is 37.7 Å². The van der Waals surface area contributed by atoms with Crippen molar-refractivity contribution in [2.75, 3.05) is 6.61 Å². The van der Waals surface area contributed by atoms with E-state index in [-0.39, 0.29) is 55.0 Å². The number of carbonyl (C=O) groups excluding carboxylic acids is 5. The number of halogens is 1. The molecule has 8 aliphatic rings. The van der Waals surface area contributed by atoms with Gasteiger partial charge in [0.05, 0.1) is 12.2 Å². The van der Waals surface area contributed by atoms with Gasteiger partial charge in [0.2, 0.25) is 5.78 Å². The average Bonchev–Trinajstić information content (AvgIpc) is 3.55. The zero-order valence-corrected chi connectivity index (χ0v) is 34.2. The highest BCUT2D eigenvalue weighted by Crippen LogP contribution is 2.71. The maximum absolute atomic E-state index is 17.5. The van der Waals surface area contributed by atoms with Gasteiger partial charge >= 0.3 is 5.97 Å². The summed E-state index contributed by atoms with van der Waals surface area (Å²) in [5.41, 5.74) is -2.06. The summed E-state index contributed by atoms with van der Waals surface area (Å²) >= 11 is 0. The smallest absolute Gasteiger partial charge is 0.323 e. The quantitative estimate of drug-likeness (QED) is 0.223. The maximum Gasteiger partial charge on any atom is 0.323 e. The van der Waals surface area contributed by atoms with Gasteiger partial charge in [0.1, 0.15) is 17.2 Å². The molecule has 315 valence electrons. The van der Waals surface area contributed by atoms with Gasteiger partial charge in [0.25, 0.3) is 0 Å². The van der Waals surface area contributed by atoms with Gasteiger partial charge in [-0.1, -0.05) is 51.0 Å². The summed E-state index contributed by atoms with van der Waals surface area (Å²) in [6, 6.07) is -1.36. The van der Waals surface area contributed by atoms with Gasteiger partial charge in [-0.05, 0) is 119 Å². The summed E-state index contributed by atoms with van der Waals surface area (Å²) < 4.78 is 22.9. The van der Waals surface area contributed by atoms with Crippen LogP contribution in [0.1, 0.15) is 98.8 Å². The number of allylic oxidation sites excluding steroid dienone is 8. The first kappa shape index (κ1) is 41.6. The van der Waals surface area contributed by atoms with Crippen LogP contribution in [-0.4, -0.2) is 91.3 Å². The summed E-state index contributed by atoms with van der Waals surface area (Å²) in [5.74, 6) is -4.67. The number of esters is 1. The van der Waals surface area contributed by atoms with E-state index in [4.69, 9.17) is 10.5 Å². The number of ether oxygens (including phenoxy) is 1. The molecule has 12 heteroatoms. The molecule has 0 aromatic rings. The molecule has 0 saturated heterocycles. The van der Waals surface area contributed by atoms with Crippen LogP contribution in [0.4, 0.5) is 4.39 Å². The molecule has 0 bridgehead atoms. The Morgan fingerprint density at radius 1 is 0.914 bits per heavy atom. The Balaban J connectivity index is 0.904. The van der Waals surface area contributed by atoms with E-state index in [1.54, 1.807) is 39.0 Å². The normalized spacial score (nSPS) is 49.3. The van der Waals surface area contributed by atoms with E-state index in [9.17, 15) is 44.4 Å². The second-order valence-corrected chi connectivity index (χ2v) is 20.2. The molecular formula is C46H59FNO10. The van der Waals surface area contributed by atoms with Crippen molar-refractivity contribution in [1.29, 1.82) is 0 Å². The van der Waals surface area contributed by atoms with Gasteiger partial charge in [-0.3, -0.25) is 24.0 Å². The van der Waals surface area contributed by atoms with Crippen LogP contribution in [0, 0.1) is 63.6 Å². The van der Waals surface area contributed by atoms with Gasteiger partial charge in [0.15, 0.2) is 29.6 Å². The first-order valence-electron chi connectivity index (χ1n) is 21.2. The minimum absolute atomic E-state index is 0.0219. The lowest BCUT2D eigenvalue weighted by Crippen LogP contribution is -2.69. The number of alkyl halides is 1. The second-order valence-electron chi connectivity index (χ2n) is 20.2. The van der Waals surface area contributed by atoms with E-state index in [0.717, 1.165) is 12.0 Å². The number of rotatable bonds is 8. The van der Waals surface area contributed by atoms with Crippen molar-refractivity contribution < 1.29 is 53.5 Å². The average molecular weight is 805 g/mol. The zero-order chi connectivity index (χ0) is 42.2. The molecule has 0 heterocycles. The molecule has 11 nitrogen and oxygen atoms in total. The van der Waals surface area contributed by atoms with Crippen LogP contribution in [0.5, 0.6) is 0 Å². The monoisotopic (exact) mass is 804 g/mol. The highest BCUT2D eigenvalue weighted by atomic mass is 19.1. The van der Waals surface area contributed by atoms with E-state index < -0.39 is 98.7 Å². The SMILES string of the molecule is C[C@@H]1CC2C3CCC4=CC(=O)C=C[C@]4(C)[C@@]3(F)[C@@H](O)C[C@]2(C)[C@@]1(O)C(=O)COC(=O)C(N)C[CH]C(=O)[C@@]1(O)CCC2C3CCC4=CC(=O)C=C[C@]4(C)C3[C@@H](O)C[C@@]21C. The molecule has 8 aliphatic carbocycles. The number of aliphatic hydroxyl groups is 4. The Labute approximate surface area is 339 Å². The molecule has 8 rings (SSSR count). The first-order valence-corrected chi connectivity index (χ1v) is 21.2. The van der Waals surface area contributed by atoms with Crippen LogP contribution >= 0.6 is 0 Å². The van der Waals surface area contributed by atoms with Crippen molar-refractivity contribution in [3.05, 3.63) is 54.0 Å². The predicted molar refractivity (Wildman–Crippen MR) is 209 cm³/mol. The Hall–Kier alpha value is -3.16. The number of hydrogen-bond acceptors (Lipinski definition) is 11. The molecule has 0 amide bonds. The standard InChI is InChI=1S/C46H59FNO10/c1-24-18-32-31-9-7-26-20-28(50)13-16-41(26,3)45(31,47)36(53)22-43(32,5)46(24,57)37(54)23-58-39(55)33(48)10-11-35(52)44(56)17-14-30-29-8-6-25-19-27(49)12-15-40(25,2)38(29)34(51)21-42(30,44)4/h11-13,15-16,19-20,24,29-34,36,38,51,53,56-57H,6-10,14,17-18,21-23,48H2,1-5H3/t24-,29?,30?,31?,32?,33?,34+,36+,38?,40+,41+,42+,43+,44+,45+,46+/m1/s1. The highest BCUT2D eigenvalue weighted by molar-refractivity contribution is 6.02. The molecule has 0 aromatic carbocycles. The molecule has 6 fully saturated rings. The van der Waals surface area contributed by atoms with Crippen molar-refractivity contribution in [3.63, 3.8) is 0 Å². The molecule has 0 aliphatic heterocycles. The van der Waals surface area contributed by atoms with E-state index in [1.807, 2.05) is 13.0 Å². The number of ketones is 4. The Morgan fingerprint density at radius 2 is 1.57 bits per heavy atom. The second kappa shape index (κ2) is 13.4. The van der Waals surface area contributed by atoms with Gasteiger partial charge in [0, 0.05) is 39.9 Å². The van der Waals surface area contributed by atoms with E-state index >= 15 is 4.39 Å². The Kier molecular flexibility index (Phi) is 9.62. The summed E-state index contributed by atoms with van der Waals surface area (Å²) in [5, 5.41) is 47.7. The number of nitrogens with two attached hydrogens (primary N) is 1. The van der Waals surface area contributed by atoms with Crippen molar-refractivity contribution in [3.8, 4) is 0 Å². The lowest BCUT2D eigenvalue weighted by Gasteiger charge is -2.62. The Bertz CT molecular complexity index is 1970. The molecule has 6 saturated carbocycles. The summed E-state index contributed by atoms with van der Waals surface area (Å²) in [6.07, 6.45) is 11.3. The van der Waals surface area contributed by atoms with E-state index in [2.05, 4.69) is 6.92 Å². The highest BCUT2D eigenvalue weighted by Gasteiger charge is 2.76. The molecular weight excluding hydrogens is 746 g/mol. The summed E-state index contributed by atoms with van der Waals surface area (Å²) in [4.78, 5) is 65.4. The molecule has 0 aromatic heterocycles. The zero-order valence-electron chi connectivity index (χ0n) is 34.2. The van der Waals surface area contributed by atoms with Crippen LogP contribution < -0.4 is 5.73 Å². The third kappa shape index (κ3) is 5.29. The number of fused-ring (bicyclic) bond motifs is 10. The van der Waals surface area contributed by atoms with Gasteiger partial charge in [-0.2, -0.15) is 0 Å². The number of carbonyl (C=O) groups is 5. The van der Waals surface area contributed by atoms with Gasteiger partial charge in [-0.15, -0.1) is 0 Å². The minimum atomic E-state index is -2.13. The fourth-order valence-corrected chi connectivity index (χ4v) is 14.7. The molecule has 6 N–H and O–H groups in total. The number of aliphatic hydroxyl groups excluding tert-OH is 2.